The predicted molar refractivity (Wildman–Crippen MR) is 81.2 cm³/mol. The van der Waals surface area contributed by atoms with Gasteiger partial charge in [0.15, 0.2) is 0 Å². The minimum absolute atomic E-state index is 0.692. The average Bonchev–Trinajstić information content (AvgIpc) is 3.14. The second kappa shape index (κ2) is 5.97. The number of nitrogens with one attached hydrogen (secondary N) is 1. The van der Waals surface area contributed by atoms with Crippen LogP contribution in [0.4, 0.5) is 0 Å². The fourth-order valence-corrected chi connectivity index (χ4v) is 4.55. The Morgan fingerprint density at radius 2 is 2.00 bits per heavy atom. The molecule has 4 atom stereocenters. The van der Waals surface area contributed by atoms with Gasteiger partial charge in [-0.3, -0.25) is 0 Å². The maximum absolute atomic E-state index is 3.79. The van der Waals surface area contributed by atoms with Crippen LogP contribution in [0.1, 0.15) is 45.4 Å². The molecule has 0 aliphatic heterocycles. The second-order valence-corrected chi connectivity index (χ2v) is 7.11. The Hall–Kier alpha value is -0.340. The normalized spacial score (nSPS) is 35.6. The van der Waals surface area contributed by atoms with Crippen LogP contribution < -0.4 is 5.32 Å². The van der Waals surface area contributed by atoms with Crippen LogP contribution in [0.25, 0.3) is 0 Å². The molecule has 2 bridgehead atoms. The lowest BCUT2D eigenvalue weighted by atomic mass is 9.87. The van der Waals surface area contributed by atoms with E-state index in [1.807, 2.05) is 0 Å². The topological polar surface area (TPSA) is 15.3 Å². The highest BCUT2D eigenvalue weighted by atomic mass is 15.1. The van der Waals surface area contributed by atoms with E-state index in [4.69, 9.17) is 0 Å². The number of hydrogen-bond acceptors (Lipinski definition) is 2. The van der Waals surface area contributed by atoms with Crippen LogP contribution in [0.2, 0.25) is 0 Å². The molecule has 3 aliphatic rings. The molecule has 1 N–H and O–H groups in total. The predicted octanol–water partition coefficient (Wildman–Crippen LogP) is 3.05. The fraction of sp³-hybridized carbons (Fsp3) is 0.882. The van der Waals surface area contributed by atoms with Crippen molar-refractivity contribution in [3.63, 3.8) is 0 Å². The van der Waals surface area contributed by atoms with Crippen molar-refractivity contribution >= 4 is 0 Å². The molecule has 4 unspecified atom stereocenters. The van der Waals surface area contributed by atoms with E-state index < -0.39 is 0 Å². The molecular weight excluding hydrogens is 232 g/mol. The number of likely N-dealkylation sites (N-methyl/N-ethyl adjacent to an activating group) is 1. The fourth-order valence-electron chi connectivity index (χ4n) is 4.55. The lowest BCUT2D eigenvalue weighted by Crippen LogP contribution is -2.41. The molecule has 2 heteroatoms. The van der Waals surface area contributed by atoms with Gasteiger partial charge < -0.3 is 10.2 Å². The highest BCUT2D eigenvalue weighted by molar-refractivity contribution is 5.11. The van der Waals surface area contributed by atoms with Crippen molar-refractivity contribution in [3.05, 3.63) is 12.2 Å². The van der Waals surface area contributed by atoms with E-state index >= 15 is 0 Å². The van der Waals surface area contributed by atoms with Crippen LogP contribution in [0.3, 0.4) is 0 Å². The van der Waals surface area contributed by atoms with Crippen molar-refractivity contribution in [2.45, 2.75) is 57.5 Å². The highest BCUT2D eigenvalue weighted by Crippen LogP contribution is 2.44. The van der Waals surface area contributed by atoms with Crippen LogP contribution in [0.5, 0.6) is 0 Å². The maximum atomic E-state index is 3.79. The van der Waals surface area contributed by atoms with Gasteiger partial charge in [-0.1, -0.05) is 25.0 Å². The van der Waals surface area contributed by atoms with Gasteiger partial charge in [-0.2, -0.15) is 0 Å². The molecule has 108 valence electrons. The van der Waals surface area contributed by atoms with Gasteiger partial charge in [-0.05, 0) is 57.4 Å². The summed E-state index contributed by atoms with van der Waals surface area (Å²) in [5.41, 5.74) is 0. The Morgan fingerprint density at radius 3 is 2.63 bits per heavy atom. The molecule has 0 saturated heterocycles. The first kappa shape index (κ1) is 13.6. The summed E-state index contributed by atoms with van der Waals surface area (Å²) < 4.78 is 0. The molecule has 3 rings (SSSR count). The third kappa shape index (κ3) is 3.05. The van der Waals surface area contributed by atoms with Gasteiger partial charge in [0.25, 0.3) is 0 Å². The first-order valence-electron chi connectivity index (χ1n) is 8.36. The first-order chi connectivity index (χ1) is 9.24. The molecule has 0 aromatic rings. The Balaban J connectivity index is 1.36. The lowest BCUT2D eigenvalue weighted by molar-refractivity contribution is 0.234. The standard InChI is InChI=1S/C17H30N2/c1-13(17-12-14-7-8-15(17)11-14)18-9-10-19(2)16-5-3-4-6-16/h7-8,13-18H,3-6,9-12H2,1-2H3. The summed E-state index contributed by atoms with van der Waals surface area (Å²) in [6.07, 6.45) is 13.5. The van der Waals surface area contributed by atoms with Crippen molar-refractivity contribution < 1.29 is 0 Å². The quantitative estimate of drug-likeness (QED) is 0.740. The van der Waals surface area contributed by atoms with Gasteiger partial charge in [-0.15, -0.1) is 0 Å². The SMILES string of the molecule is CC(NCCN(C)C1CCCC1)C1CC2C=CC1C2. The van der Waals surface area contributed by atoms with Gasteiger partial charge in [0, 0.05) is 25.2 Å². The van der Waals surface area contributed by atoms with E-state index in [1.165, 1.54) is 45.1 Å². The monoisotopic (exact) mass is 262 g/mol. The molecule has 0 heterocycles. The summed E-state index contributed by atoms with van der Waals surface area (Å²) in [5, 5.41) is 3.79. The molecule has 0 amide bonds. The van der Waals surface area contributed by atoms with Crippen molar-refractivity contribution in [2.24, 2.45) is 17.8 Å². The Morgan fingerprint density at radius 1 is 1.21 bits per heavy atom. The van der Waals surface area contributed by atoms with Gasteiger partial charge in [0.2, 0.25) is 0 Å². The molecule has 0 radical (unpaired) electrons. The Labute approximate surface area is 118 Å². The van der Waals surface area contributed by atoms with Gasteiger partial charge >= 0.3 is 0 Å². The summed E-state index contributed by atoms with van der Waals surface area (Å²) >= 11 is 0. The molecule has 2 fully saturated rings. The zero-order valence-corrected chi connectivity index (χ0v) is 12.6. The zero-order chi connectivity index (χ0) is 13.2. The van der Waals surface area contributed by atoms with E-state index in [0.29, 0.717) is 6.04 Å². The molecule has 0 aromatic carbocycles. The minimum atomic E-state index is 0.692. The minimum Gasteiger partial charge on any atom is -0.313 e. The molecule has 19 heavy (non-hydrogen) atoms. The Bertz CT molecular complexity index is 319. The highest BCUT2D eigenvalue weighted by Gasteiger charge is 2.38. The summed E-state index contributed by atoms with van der Waals surface area (Å²) in [6.45, 7) is 4.77. The third-order valence-electron chi connectivity index (χ3n) is 5.85. The summed E-state index contributed by atoms with van der Waals surface area (Å²) in [5.74, 6) is 2.67. The second-order valence-electron chi connectivity index (χ2n) is 7.11. The third-order valence-corrected chi connectivity index (χ3v) is 5.85. The van der Waals surface area contributed by atoms with E-state index in [0.717, 1.165) is 30.3 Å². The van der Waals surface area contributed by atoms with Gasteiger partial charge in [-0.25, -0.2) is 0 Å². The Kier molecular flexibility index (Phi) is 4.28. The molecule has 0 aromatic heterocycles. The zero-order valence-electron chi connectivity index (χ0n) is 12.6. The van der Waals surface area contributed by atoms with Crippen LogP contribution in [-0.4, -0.2) is 37.1 Å². The average molecular weight is 262 g/mol. The molecule has 2 saturated carbocycles. The van der Waals surface area contributed by atoms with Crippen molar-refractivity contribution in [1.29, 1.82) is 0 Å². The number of nitrogens with zero attached hydrogens (tertiary/aromatic N) is 1. The smallest absolute Gasteiger partial charge is 0.0107 e. The van der Waals surface area contributed by atoms with Crippen LogP contribution in [0, 0.1) is 17.8 Å². The lowest BCUT2D eigenvalue weighted by Gasteiger charge is -2.29. The molecule has 0 spiro atoms. The van der Waals surface area contributed by atoms with Crippen LogP contribution in [-0.2, 0) is 0 Å². The first-order valence-corrected chi connectivity index (χ1v) is 8.36. The number of hydrogen-bond donors (Lipinski definition) is 1. The summed E-state index contributed by atoms with van der Waals surface area (Å²) in [7, 11) is 2.31. The number of allylic oxidation sites excluding steroid dienone is 2. The van der Waals surface area contributed by atoms with E-state index in [2.05, 4.69) is 36.3 Å². The van der Waals surface area contributed by atoms with Crippen molar-refractivity contribution in [2.75, 3.05) is 20.1 Å². The van der Waals surface area contributed by atoms with E-state index in [9.17, 15) is 0 Å². The van der Waals surface area contributed by atoms with Crippen LogP contribution in [0.15, 0.2) is 12.2 Å². The number of fused-ring (bicyclic) bond motifs is 2. The van der Waals surface area contributed by atoms with E-state index in [-0.39, 0.29) is 0 Å². The summed E-state index contributed by atoms with van der Waals surface area (Å²) in [4.78, 5) is 2.58. The summed E-state index contributed by atoms with van der Waals surface area (Å²) in [6, 6.07) is 1.56. The number of rotatable bonds is 6. The molecule has 2 nitrogen and oxygen atoms in total. The van der Waals surface area contributed by atoms with Crippen molar-refractivity contribution in [1.82, 2.24) is 10.2 Å². The maximum Gasteiger partial charge on any atom is 0.0107 e. The largest absolute Gasteiger partial charge is 0.313 e. The van der Waals surface area contributed by atoms with Crippen LogP contribution >= 0.6 is 0 Å². The van der Waals surface area contributed by atoms with Gasteiger partial charge in [0.05, 0.1) is 0 Å². The van der Waals surface area contributed by atoms with Gasteiger partial charge in [0.1, 0.15) is 0 Å². The molecule has 3 aliphatic carbocycles. The molecular formula is C17H30N2. The van der Waals surface area contributed by atoms with Crippen molar-refractivity contribution in [3.8, 4) is 0 Å². The van der Waals surface area contributed by atoms with E-state index in [1.54, 1.807) is 0 Å².